The van der Waals surface area contributed by atoms with Crippen LogP contribution in [0.3, 0.4) is 0 Å². The molecule has 1 heterocycles. The van der Waals surface area contributed by atoms with E-state index in [2.05, 4.69) is 15.6 Å². The van der Waals surface area contributed by atoms with Crippen molar-refractivity contribution in [2.45, 2.75) is 20.3 Å². The third-order valence-electron chi connectivity index (χ3n) is 3.18. The maximum absolute atomic E-state index is 11.9. The van der Waals surface area contributed by atoms with Crippen molar-refractivity contribution >= 4 is 17.5 Å². The van der Waals surface area contributed by atoms with E-state index in [4.69, 9.17) is 0 Å². The predicted molar refractivity (Wildman–Crippen MR) is 88.6 cm³/mol. The van der Waals surface area contributed by atoms with E-state index in [1.165, 1.54) is 6.07 Å². The summed E-state index contributed by atoms with van der Waals surface area (Å²) < 4.78 is 0. The molecule has 0 saturated heterocycles. The monoisotopic (exact) mass is 313 g/mol. The summed E-state index contributed by atoms with van der Waals surface area (Å²) in [6, 6.07) is 10.3. The van der Waals surface area contributed by atoms with Gasteiger partial charge >= 0.3 is 0 Å². The highest BCUT2D eigenvalue weighted by molar-refractivity contribution is 5.95. The Morgan fingerprint density at radius 3 is 2.61 bits per heavy atom. The molecular formula is C17H19N3O3. The summed E-state index contributed by atoms with van der Waals surface area (Å²) in [7, 11) is 0. The van der Waals surface area contributed by atoms with E-state index in [0.717, 1.165) is 11.3 Å². The quantitative estimate of drug-likeness (QED) is 0.785. The molecule has 120 valence electrons. The first-order chi connectivity index (χ1) is 10.9. The first-order valence-corrected chi connectivity index (χ1v) is 7.30. The van der Waals surface area contributed by atoms with E-state index < -0.39 is 0 Å². The van der Waals surface area contributed by atoms with Crippen LogP contribution in [0.4, 0.5) is 5.69 Å². The molecule has 23 heavy (non-hydrogen) atoms. The van der Waals surface area contributed by atoms with Crippen LogP contribution >= 0.6 is 0 Å². The van der Waals surface area contributed by atoms with Crippen LogP contribution in [0.15, 0.2) is 41.2 Å². The highest BCUT2D eigenvalue weighted by Crippen LogP contribution is 2.09. The van der Waals surface area contributed by atoms with Crippen molar-refractivity contribution in [1.29, 1.82) is 0 Å². The number of benzene rings is 1. The van der Waals surface area contributed by atoms with Crippen molar-refractivity contribution in [2.75, 3.05) is 11.9 Å². The second kappa shape index (κ2) is 7.40. The molecule has 0 bridgehead atoms. The van der Waals surface area contributed by atoms with Crippen molar-refractivity contribution in [3.8, 4) is 0 Å². The van der Waals surface area contributed by atoms with Gasteiger partial charge in [0.05, 0.1) is 0 Å². The average molecular weight is 313 g/mol. The number of H-pyrrole nitrogens is 1. The van der Waals surface area contributed by atoms with Gasteiger partial charge in [-0.05, 0) is 37.6 Å². The fourth-order valence-corrected chi connectivity index (χ4v) is 2.15. The number of amides is 2. The van der Waals surface area contributed by atoms with Crippen LogP contribution in [0.5, 0.6) is 0 Å². The fraction of sp³-hybridized carbons (Fsp3) is 0.235. The Labute approximate surface area is 133 Å². The number of hydrogen-bond acceptors (Lipinski definition) is 3. The minimum atomic E-state index is -0.373. The summed E-state index contributed by atoms with van der Waals surface area (Å²) in [4.78, 5) is 37.7. The van der Waals surface area contributed by atoms with E-state index in [1.54, 1.807) is 13.0 Å². The Hall–Kier alpha value is -2.89. The molecule has 2 amide bonds. The summed E-state index contributed by atoms with van der Waals surface area (Å²) in [6.45, 7) is 3.84. The molecule has 0 saturated carbocycles. The normalized spacial score (nSPS) is 10.2. The van der Waals surface area contributed by atoms with Gasteiger partial charge in [-0.2, -0.15) is 0 Å². The van der Waals surface area contributed by atoms with Gasteiger partial charge in [-0.25, -0.2) is 0 Å². The number of anilines is 1. The van der Waals surface area contributed by atoms with Crippen LogP contribution in [-0.2, 0) is 4.79 Å². The van der Waals surface area contributed by atoms with Gasteiger partial charge in [0.15, 0.2) is 0 Å². The molecule has 0 spiro atoms. The van der Waals surface area contributed by atoms with Crippen LogP contribution in [0.25, 0.3) is 0 Å². The lowest BCUT2D eigenvalue weighted by Crippen LogP contribution is -2.28. The summed E-state index contributed by atoms with van der Waals surface area (Å²) in [5.74, 6) is -0.555. The Bertz CT molecular complexity index is 781. The van der Waals surface area contributed by atoms with Crippen molar-refractivity contribution < 1.29 is 9.59 Å². The molecule has 0 radical (unpaired) electrons. The number of rotatable bonds is 5. The molecule has 0 unspecified atom stereocenters. The second-order valence-electron chi connectivity index (χ2n) is 5.34. The van der Waals surface area contributed by atoms with Gasteiger partial charge in [0, 0.05) is 36.0 Å². The maximum Gasteiger partial charge on any atom is 0.251 e. The van der Waals surface area contributed by atoms with E-state index in [0.29, 0.717) is 5.69 Å². The molecule has 0 aliphatic rings. The lowest BCUT2D eigenvalue weighted by molar-refractivity contribution is -0.116. The minimum Gasteiger partial charge on any atom is -0.352 e. The molecule has 6 heteroatoms. The SMILES string of the molecule is Cc1cccc(NC(=O)CCNC(=O)c2cc(C)[nH]c(=O)c2)c1. The molecule has 2 aromatic rings. The molecule has 0 fully saturated rings. The number of aryl methyl sites for hydroxylation is 2. The van der Waals surface area contributed by atoms with Gasteiger partial charge in [-0.15, -0.1) is 0 Å². The number of aromatic nitrogens is 1. The van der Waals surface area contributed by atoms with Gasteiger partial charge in [0.1, 0.15) is 0 Å². The molecule has 1 aromatic heterocycles. The zero-order valence-corrected chi connectivity index (χ0v) is 13.1. The van der Waals surface area contributed by atoms with Crippen molar-refractivity contribution in [2.24, 2.45) is 0 Å². The Kier molecular flexibility index (Phi) is 5.30. The Morgan fingerprint density at radius 1 is 1.13 bits per heavy atom. The molecule has 0 aliphatic heterocycles. The predicted octanol–water partition coefficient (Wildman–Crippen LogP) is 1.75. The number of carbonyl (C=O) groups is 2. The van der Waals surface area contributed by atoms with Crippen LogP contribution in [0.2, 0.25) is 0 Å². The molecule has 0 aliphatic carbocycles. The van der Waals surface area contributed by atoms with Gasteiger partial charge in [-0.1, -0.05) is 12.1 Å². The zero-order chi connectivity index (χ0) is 16.8. The zero-order valence-electron chi connectivity index (χ0n) is 13.1. The summed E-state index contributed by atoms with van der Waals surface area (Å²) >= 11 is 0. The third kappa shape index (κ3) is 5.10. The molecule has 2 rings (SSSR count). The van der Waals surface area contributed by atoms with Crippen LogP contribution in [-0.4, -0.2) is 23.3 Å². The largest absolute Gasteiger partial charge is 0.352 e. The maximum atomic E-state index is 11.9. The van der Waals surface area contributed by atoms with Gasteiger partial charge < -0.3 is 15.6 Å². The summed E-state index contributed by atoms with van der Waals surface area (Å²) in [5, 5.41) is 5.40. The smallest absolute Gasteiger partial charge is 0.251 e. The standard InChI is InChI=1S/C17H19N3O3/c1-11-4-3-5-14(8-11)20-15(21)6-7-18-17(23)13-9-12(2)19-16(22)10-13/h3-5,8-10H,6-7H2,1-2H3,(H,18,23)(H,19,22)(H,20,21). The van der Waals surface area contributed by atoms with Crippen molar-refractivity contribution in [3.05, 3.63) is 63.6 Å². The first kappa shape index (κ1) is 16.5. The summed E-state index contributed by atoms with van der Waals surface area (Å²) in [6.07, 6.45) is 0.155. The topological polar surface area (TPSA) is 91.1 Å². The molecule has 6 nitrogen and oxygen atoms in total. The van der Waals surface area contributed by atoms with Gasteiger partial charge in [0.2, 0.25) is 11.5 Å². The average Bonchev–Trinajstić information content (AvgIpc) is 2.46. The van der Waals surface area contributed by atoms with Crippen molar-refractivity contribution in [1.82, 2.24) is 10.3 Å². The van der Waals surface area contributed by atoms with Gasteiger partial charge in [0.25, 0.3) is 5.91 Å². The highest BCUT2D eigenvalue weighted by Gasteiger charge is 2.08. The molecule has 3 N–H and O–H groups in total. The molecule has 1 aromatic carbocycles. The lowest BCUT2D eigenvalue weighted by atomic mass is 10.2. The molecular weight excluding hydrogens is 294 g/mol. The Morgan fingerprint density at radius 2 is 1.91 bits per heavy atom. The number of nitrogens with one attached hydrogen (secondary N) is 3. The third-order valence-corrected chi connectivity index (χ3v) is 3.18. The summed E-state index contributed by atoms with van der Waals surface area (Å²) in [5.41, 5.74) is 2.35. The van der Waals surface area contributed by atoms with E-state index >= 15 is 0 Å². The van der Waals surface area contributed by atoms with Crippen LogP contribution < -0.4 is 16.2 Å². The minimum absolute atomic E-state index is 0.155. The van der Waals surface area contributed by atoms with Gasteiger partial charge in [-0.3, -0.25) is 14.4 Å². The van der Waals surface area contributed by atoms with E-state index in [1.807, 2.05) is 31.2 Å². The number of carbonyl (C=O) groups excluding carboxylic acids is 2. The van der Waals surface area contributed by atoms with Crippen LogP contribution in [0.1, 0.15) is 28.0 Å². The fourth-order valence-electron chi connectivity index (χ4n) is 2.15. The van der Waals surface area contributed by atoms with E-state index in [-0.39, 0.29) is 35.9 Å². The first-order valence-electron chi connectivity index (χ1n) is 7.30. The lowest BCUT2D eigenvalue weighted by Gasteiger charge is -2.07. The van der Waals surface area contributed by atoms with Crippen molar-refractivity contribution in [3.63, 3.8) is 0 Å². The molecule has 0 atom stereocenters. The van der Waals surface area contributed by atoms with E-state index in [9.17, 15) is 14.4 Å². The number of pyridine rings is 1. The highest BCUT2D eigenvalue weighted by atomic mass is 16.2. The second-order valence-corrected chi connectivity index (χ2v) is 5.34. The number of aromatic amines is 1. The van der Waals surface area contributed by atoms with Crippen LogP contribution in [0, 0.1) is 13.8 Å². The Balaban J connectivity index is 1.83. The number of hydrogen-bond donors (Lipinski definition) is 3.